The lowest BCUT2D eigenvalue weighted by Gasteiger charge is -2.49. The molecule has 0 unspecified atom stereocenters. The zero-order valence-electron chi connectivity index (χ0n) is 25.5. The molecule has 0 saturated carbocycles. The molecule has 48 heavy (non-hydrogen) atoms. The summed E-state index contributed by atoms with van der Waals surface area (Å²) in [5.41, 5.74) is 0. The van der Waals surface area contributed by atoms with Gasteiger partial charge in [-0.1, -0.05) is 0 Å². The third kappa shape index (κ3) is 8.08. The standard InChI is InChI=1S/C26H45NO21/c1-6(32)27-11-21(14(35)9(4-30)42-23(11)41)47-26-22(16(37)13(34)8(3-29)44-26)48-25-19(40)17(38)20(10(5-31)45-25)46-24-18(39)15(36)12(33)7(2-28)43-24/h7-26,28-31,33-41H,2-5H2,1H3,(H,27,32)/t7-,8-,9-,10-,11-,12-,13-,14+,15+,16+,17-,18+,19+,20-,21-,22+,23+,24-,25-,26+/m1/s1. The van der Waals surface area contributed by atoms with Crippen LogP contribution in [0.15, 0.2) is 0 Å². The lowest BCUT2D eigenvalue weighted by Crippen LogP contribution is -2.69. The number of hydrogen-bond donors (Lipinski definition) is 14. The van der Waals surface area contributed by atoms with Crippen molar-refractivity contribution in [2.24, 2.45) is 0 Å². The first kappa shape index (κ1) is 39.5. The smallest absolute Gasteiger partial charge is 0.217 e. The molecule has 0 aliphatic carbocycles. The molecule has 0 aromatic carbocycles. The Morgan fingerprint density at radius 2 is 0.917 bits per heavy atom. The predicted octanol–water partition coefficient (Wildman–Crippen LogP) is -9.61. The van der Waals surface area contributed by atoms with Gasteiger partial charge in [0, 0.05) is 6.92 Å². The maximum atomic E-state index is 11.9. The van der Waals surface area contributed by atoms with Crippen LogP contribution >= 0.6 is 0 Å². The third-order valence-electron chi connectivity index (χ3n) is 8.61. The Kier molecular flexibility index (Phi) is 13.8. The van der Waals surface area contributed by atoms with Crippen LogP contribution in [-0.4, -0.2) is 221 Å². The van der Waals surface area contributed by atoms with Crippen LogP contribution in [0.5, 0.6) is 0 Å². The highest BCUT2D eigenvalue weighted by Crippen LogP contribution is 2.34. The van der Waals surface area contributed by atoms with Crippen molar-refractivity contribution in [1.29, 1.82) is 0 Å². The minimum Gasteiger partial charge on any atom is -0.394 e. The van der Waals surface area contributed by atoms with E-state index < -0.39 is 155 Å². The van der Waals surface area contributed by atoms with Gasteiger partial charge < -0.3 is 105 Å². The monoisotopic (exact) mass is 707 g/mol. The van der Waals surface area contributed by atoms with Crippen LogP contribution in [0.25, 0.3) is 0 Å². The molecule has 22 heteroatoms. The molecule has 4 aliphatic heterocycles. The minimum atomic E-state index is -2.09. The molecule has 0 radical (unpaired) electrons. The SMILES string of the molecule is CC(=O)N[C@@H]1[C@@H](O[C@@H]2O[C@H](CO)[C@@H](O)[C@H](O)[C@@H]2O[C@H]2O[C@H](CO)[C@@H](O[C@H]3O[C@H](CO)[C@@H](O)[C@H](O)[C@@H]3O)[C@H](O)[C@@H]2O)[C@@H](O)[C@@H](CO)O[C@@H]1O. The first-order valence-corrected chi connectivity index (χ1v) is 15.1. The summed E-state index contributed by atoms with van der Waals surface area (Å²) in [4.78, 5) is 11.9. The van der Waals surface area contributed by atoms with Gasteiger partial charge in [0.05, 0.1) is 26.4 Å². The van der Waals surface area contributed by atoms with Gasteiger partial charge >= 0.3 is 0 Å². The van der Waals surface area contributed by atoms with Crippen LogP contribution in [0.4, 0.5) is 0 Å². The van der Waals surface area contributed by atoms with Gasteiger partial charge in [0.15, 0.2) is 25.2 Å². The average Bonchev–Trinajstić information content (AvgIpc) is 3.06. The van der Waals surface area contributed by atoms with Crippen molar-refractivity contribution < 1.29 is 104 Å². The zero-order chi connectivity index (χ0) is 35.6. The number of hydrogen-bond acceptors (Lipinski definition) is 21. The molecule has 4 heterocycles. The summed E-state index contributed by atoms with van der Waals surface area (Å²) in [6.45, 7) is -2.34. The molecule has 22 nitrogen and oxygen atoms in total. The second kappa shape index (κ2) is 16.8. The molecule has 14 N–H and O–H groups in total. The van der Waals surface area contributed by atoms with E-state index in [4.69, 9.17) is 33.2 Å². The van der Waals surface area contributed by atoms with Crippen molar-refractivity contribution in [3.8, 4) is 0 Å². The Hall–Kier alpha value is -1.33. The largest absolute Gasteiger partial charge is 0.394 e. The second-order valence-electron chi connectivity index (χ2n) is 11.9. The van der Waals surface area contributed by atoms with Crippen LogP contribution in [0.1, 0.15) is 6.92 Å². The molecule has 20 atom stereocenters. The van der Waals surface area contributed by atoms with E-state index in [2.05, 4.69) is 5.32 Å². The quantitative estimate of drug-likeness (QED) is 0.0947. The van der Waals surface area contributed by atoms with E-state index >= 15 is 0 Å². The number of aliphatic hydroxyl groups is 13. The van der Waals surface area contributed by atoms with Gasteiger partial charge in [0.25, 0.3) is 0 Å². The van der Waals surface area contributed by atoms with Crippen molar-refractivity contribution in [2.75, 3.05) is 26.4 Å². The molecule has 0 spiro atoms. The average molecular weight is 708 g/mol. The number of amides is 1. The lowest BCUT2D eigenvalue weighted by molar-refractivity contribution is -0.392. The molecular weight excluding hydrogens is 662 g/mol. The number of nitrogens with one attached hydrogen (secondary N) is 1. The predicted molar refractivity (Wildman–Crippen MR) is 145 cm³/mol. The fourth-order valence-electron chi connectivity index (χ4n) is 5.92. The van der Waals surface area contributed by atoms with Gasteiger partial charge in [0.1, 0.15) is 97.6 Å². The first-order chi connectivity index (χ1) is 22.7. The molecule has 4 fully saturated rings. The van der Waals surface area contributed by atoms with E-state index in [9.17, 15) is 71.2 Å². The highest BCUT2D eigenvalue weighted by Gasteiger charge is 2.55. The lowest BCUT2D eigenvalue weighted by atomic mass is 9.95. The topological polar surface area (TPSA) is 357 Å². The normalized spacial score (nSPS) is 50.2. The van der Waals surface area contributed by atoms with Crippen molar-refractivity contribution in [1.82, 2.24) is 5.32 Å². The summed E-state index contributed by atoms with van der Waals surface area (Å²) in [5, 5.41) is 136. The maximum Gasteiger partial charge on any atom is 0.217 e. The van der Waals surface area contributed by atoms with Crippen LogP contribution < -0.4 is 5.32 Å². The van der Waals surface area contributed by atoms with Crippen LogP contribution in [0.3, 0.4) is 0 Å². The summed E-state index contributed by atoms with van der Waals surface area (Å²) < 4.78 is 38.6. The van der Waals surface area contributed by atoms with Gasteiger partial charge in [-0.15, -0.1) is 0 Å². The highest BCUT2D eigenvalue weighted by molar-refractivity contribution is 5.73. The Bertz CT molecular complexity index is 1030. The summed E-state index contributed by atoms with van der Waals surface area (Å²) in [6.07, 6.45) is -33.9. The van der Waals surface area contributed by atoms with Crippen molar-refractivity contribution >= 4 is 5.91 Å². The van der Waals surface area contributed by atoms with E-state index in [1.807, 2.05) is 0 Å². The number of carbonyl (C=O) groups excluding carboxylic acids is 1. The summed E-state index contributed by atoms with van der Waals surface area (Å²) in [7, 11) is 0. The minimum absolute atomic E-state index is 0.699. The van der Waals surface area contributed by atoms with Crippen LogP contribution in [-0.2, 0) is 38.0 Å². The molecule has 0 aromatic heterocycles. The number of ether oxygens (including phenoxy) is 7. The molecule has 280 valence electrons. The van der Waals surface area contributed by atoms with Gasteiger partial charge in [-0.3, -0.25) is 4.79 Å². The van der Waals surface area contributed by atoms with Gasteiger partial charge in [0.2, 0.25) is 5.91 Å². The Morgan fingerprint density at radius 1 is 0.500 bits per heavy atom. The van der Waals surface area contributed by atoms with Crippen molar-refractivity contribution in [3.05, 3.63) is 0 Å². The Labute approximate surface area is 272 Å². The van der Waals surface area contributed by atoms with Crippen molar-refractivity contribution in [3.63, 3.8) is 0 Å². The van der Waals surface area contributed by atoms with Gasteiger partial charge in [-0.25, -0.2) is 0 Å². The Balaban J connectivity index is 1.56. The van der Waals surface area contributed by atoms with E-state index in [0.717, 1.165) is 6.92 Å². The summed E-state index contributed by atoms with van der Waals surface area (Å²) in [6, 6.07) is -1.50. The number of aliphatic hydroxyl groups excluding tert-OH is 13. The molecule has 0 bridgehead atoms. The molecule has 1 amide bonds. The third-order valence-corrected chi connectivity index (χ3v) is 8.61. The molecule has 4 aliphatic rings. The molecule has 4 saturated heterocycles. The fraction of sp³-hybridized carbons (Fsp3) is 0.962. The van der Waals surface area contributed by atoms with Crippen LogP contribution in [0.2, 0.25) is 0 Å². The van der Waals surface area contributed by atoms with E-state index in [-0.39, 0.29) is 0 Å². The number of rotatable bonds is 11. The van der Waals surface area contributed by atoms with Crippen LogP contribution in [0, 0.1) is 0 Å². The highest BCUT2D eigenvalue weighted by atomic mass is 16.8. The van der Waals surface area contributed by atoms with Gasteiger partial charge in [-0.2, -0.15) is 0 Å². The maximum absolute atomic E-state index is 11.9. The summed E-state index contributed by atoms with van der Waals surface area (Å²) in [5.74, 6) is -0.699. The molecule has 4 rings (SSSR count). The van der Waals surface area contributed by atoms with E-state index in [1.54, 1.807) is 0 Å². The molecule has 0 aromatic rings. The Morgan fingerprint density at radius 3 is 1.46 bits per heavy atom. The fourth-order valence-corrected chi connectivity index (χ4v) is 5.92. The van der Waals surface area contributed by atoms with Gasteiger partial charge in [-0.05, 0) is 0 Å². The number of carbonyl (C=O) groups is 1. The first-order valence-electron chi connectivity index (χ1n) is 15.1. The zero-order valence-corrected chi connectivity index (χ0v) is 25.5. The van der Waals surface area contributed by atoms with E-state index in [0.29, 0.717) is 0 Å². The summed E-state index contributed by atoms with van der Waals surface area (Å²) >= 11 is 0. The second-order valence-corrected chi connectivity index (χ2v) is 11.9. The van der Waals surface area contributed by atoms with Crippen molar-refractivity contribution in [2.45, 2.75) is 130 Å². The molecular formula is C26H45NO21. The van der Waals surface area contributed by atoms with E-state index in [1.165, 1.54) is 0 Å².